The molecule has 1 fully saturated rings. The monoisotopic (exact) mass is 337 g/mol. The van der Waals surface area contributed by atoms with E-state index in [4.69, 9.17) is 16.7 Å². The standard InChI is InChI=1S/C12H13ClFNO5S/c13-11-9(12(17)18)4-8(5-10(11)14)21(19,20)15-3-1-2-7(16)6-15/h4-5,7,16H,1-3,6H2,(H,17,18). The van der Waals surface area contributed by atoms with Gasteiger partial charge in [-0.3, -0.25) is 0 Å². The summed E-state index contributed by atoms with van der Waals surface area (Å²) in [5, 5.41) is 17.8. The molecular formula is C12H13ClFNO5S. The number of benzene rings is 1. The molecule has 1 saturated heterocycles. The number of β-amino-alcohol motifs (C(OH)–C–C–N with tert-alkyl or cyclic N) is 1. The van der Waals surface area contributed by atoms with Crippen LogP contribution in [0.2, 0.25) is 5.02 Å². The summed E-state index contributed by atoms with van der Waals surface area (Å²) < 4.78 is 39.4. The third kappa shape index (κ3) is 3.18. The van der Waals surface area contributed by atoms with Gasteiger partial charge in [-0.15, -0.1) is 0 Å². The molecule has 0 spiro atoms. The number of carboxylic acids is 1. The van der Waals surface area contributed by atoms with Crippen molar-refractivity contribution in [2.75, 3.05) is 13.1 Å². The van der Waals surface area contributed by atoms with Crippen LogP contribution >= 0.6 is 11.6 Å². The highest BCUT2D eigenvalue weighted by molar-refractivity contribution is 7.89. The highest BCUT2D eigenvalue weighted by atomic mass is 35.5. The Kier molecular flexibility index (Phi) is 4.52. The predicted octanol–water partition coefficient (Wildman–Crippen LogP) is 1.32. The molecule has 1 unspecified atom stereocenters. The number of aliphatic hydroxyl groups excluding tert-OH is 1. The maximum Gasteiger partial charge on any atom is 0.337 e. The lowest BCUT2D eigenvalue weighted by molar-refractivity contribution is 0.0696. The van der Waals surface area contributed by atoms with Crippen LogP contribution in [0.3, 0.4) is 0 Å². The Morgan fingerprint density at radius 1 is 1.43 bits per heavy atom. The second kappa shape index (κ2) is 5.88. The molecule has 6 nitrogen and oxygen atoms in total. The summed E-state index contributed by atoms with van der Waals surface area (Å²) >= 11 is 5.51. The summed E-state index contributed by atoms with van der Waals surface area (Å²) in [6.07, 6.45) is 0.175. The number of halogens is 2. The molecule has 1 atom stereocenters. The first kappa shape index (κ1) is 16.2. The van der Waals surface area contributed by atoms with E-state index in [2.05, 4.69) is 0 Å². The van der Waals surface area contributed by atoms with Crippen LogP contribution in [0, 0.1) is 5.82 Å². The first-order valence-electron chi connectivity index (χ1n) is 6.14. The Balaban J connectivity index is 2.47. The minimum Gasteiger partial charge on any atom is -0.478 e. The summed E-state index contributed by atoms with van der Waals surface area (Å²) in [6.45, 7) is 0.0844. The molecular weight excluding hydrogens is 325 g/mol. The normalized spacial score (nSPS) is 20.4. The summed E-state index contributed by atoms with van der Waals surface area (Å²) in [6, 6.07) is 1.51. The average Bonchev–Trinajstić information content (AvgIpc) is 2.41. The van der Waals surface area contributed by atoms with E-state index in [-0.39, 0.29) is 13.1 Å². The van der Waals surface area contributed by atoms with Gasteiger partial charge >= 0.3 is 5.97 Å². The van der Waals surface area contributed by atoms with Gasteiger partial charge in [0, 0.05) is 13.1 Å². The Morgan fingerprint density at radius 3 is 2.67 bits per heavy atom. The molecule has 0 saturated carbocycles. The van der Waals surface area contributed by atoms with Crippen molar-refractivity contribution in [3.8, 4) is 0 Å². The Morgan fingerprint density at radius 2 is 2.10 bits per heavy atom. The maximum atomic E-state index is 13.6. The van der Waals surface area contributed by atoms with Crippen molar-refractivity contribution in [1.82, 2.24) is 4.31 Å². The number of piperidine rings is 1. The van der Waals surface area contributed by atoms with Crippen LogP contribution in [0.15, 0.2) is 17.0 Å². The van der Waals surface area contributed by atoms with Crippen molar-refractivity contribution in [1.29, 1.82) is 0 Å². The number of carbonyl (C=O) groups is 1. The van der Waals surface area contributed by atoms with Gasteiger partial charge in [0.25, 0.3) is 0 Å². The highest BCUT2D eigenvalue weighted by Gasteiger charge is 2.31. The van der Waals surface area contributed by atoms with Gasteiger partial charge in [0.1, 0.15) is 5.82 Å². The largest absolute Gasteiger partial charge is 0.478 e. The second-order valence-electron chi connectivity index (χ2n) is 4.73. The van der Waals surface area contributed by atoms with Crippen molar-refractivity contribution in [3.63, 3.8) is 0 Å². The van der Waals surface area contributed by atoms with Crippen molar-refractivity contribution < 1.29 is 27.8 Å². The zero-order chi connectivity index (χ0) is 15.8. The lowest BCUT2D eigenvalue weighted by Crippen LogP contribution is -2.42. The predicted molar refractivity (Wildman–Crippen MR) is 72.4 cm³/mol. The number of carboxylic acid groups (broad SMARTS) is 1. The summed E-state index contributed by atoms with van der Waals surface area (Å²) in [4.78, 5) is 10.5. The molecule has 0 radical (unpaired) electrons. The number of hydrogen-bond acceptors (Lipinski definition) is 4. The highest BCUT2D eigenvalue weighted by Crippen LogP contribution is 2.27. The molecule has 1 aromatic carbocycles. The third-order valence-corrected chi connectivity index (χ3v) is 5.46. The van der Waals surface area contributed by atoms with Gasteiger partial charge in [0.2, 0.25) is 10.0 Å². The summed E-state index contributed by atoms with van der Waals surface area (Å²) in [5.41, 5.74) is -0.618. The SMILES string of the molecule is O=C(O)c1cc(S(=O)(=O)N2CCCC(O)C2)cc(F)c1Cl. The van der Waals surface area contributed by atoms with Gasteiger partial charge in [-0.25, -0.2) is 17.6 Å². The number of rotatable bonds is 3. The fraction of sp³-hybridized carbons (Fsp3) is 0.417. The maximum absolute atomic E-state index is 13.6. The summed E-state index contributed by atoms with van der Waals surface area (Å²) in [7, 11) is -4.08. The van der Waals surface area contributed by atoms with E-state index in [0.717, 1.165) is 10.4 Å². The van der Waals surface area contributed by atoms with Crippen molar-refractivity contribution in [2.45, 2.75) is 23.8 Å². The molecule has 2 N–H and O–H groups in total. The number of aliphatic hydroxyl groups is 1. The fourth-order valence-electron chi connectivity index (χ4n) is 2.16. The molecule has 1 aliphatic rings. The molecule has 0 aromatic heterocycles. The first-order valence-corrected chi connectivity index (χ1v) is 7.96. The van der Waals surface area contributed by atoms with Crippen LogP contribution in [-0.4, -0.2) is 48.1 Å². The number of nitrogens with zero attached hydrogens (tertiary/aromatic N) is 1. The van der Waals surface area contributed by atoms with Gasteiger partial charge < -0.3 is 10.2 Å². The Bertz CT molecular complexity index is 678. The Hall–Kier alpha value is -1.22. The van der Waals surface area contributed by atoms with E-state index in [1.807, 2.05) is 0 Å². The number of sulfonamides is 1. The zero-order valence-electron chi connectivity index (χ0n) is 10.8. The molecule has 2 rings (SSSR count). The van der Waals surface area contributed by atoms with E-state index < -0.39 is 43.4 Å². The molecule has 21 heavy (non-hydrogen) atoms. The summed E-state index contributed by atoms with van der Waals surface area (Å²) in [5.74, 6) is -2.64. The number of hydrogen-bond donors (Lipinski definition) is 2. The second-order valence-corrected chi connectivity index (χ2v) is 7.05. The molecule has 1 aliphatic heterocycles. The van der Waals surface area contributed by atoms with Crippen LogP contribution < -0.4 is 0 Å². The molecule has 1 heterocycles. The topological polar surface area (TPSA) is 94.9 Å². The van der Waals surface area contributed by atoms with E-state index >= 15 is 0 Å². The van der Waals surface area contributed by atoms with E-state index in [1.165, 1.54) is 0 Å². The van der Waals surface area contributed by atoms with Crippen LogP contribution in [0.25, 0.3) is 0 Å². The fourth-order valence-corrected chi connectivity index (χ4v) is 3.90. The molecule has 1 aromatic rings. The molecule has 0 bridgehead atoms. The molecule has 0 amide bonds. The van der Waals surface area contributed by atoms with Crippen molar-refractivity contribution >= 4 is 27.6 Å². The van der Waals surface area contributed by atoms with Crippen molar-refractivity contribution in [2.24, 2.45) is 0 Å². The lowest BCUT2D eigenvalue weighted by atomic mass is 10.1. The van der Waals surface area contributed by atoms with Gasteiger partial charge in [-0.05, 0) is 25.0 Å². The van der Waals surface area contributed by atoms with Crippen LogP contribution in [0.4, 0.5) is 4.39 Å². The minimum atomic E-state index is -4.08. The van der Waals surface area contributed by atoms with Gasteiger partial charge in [-0.2, -0.15) is 4.31 Å². The van der Waals surface area contributed by atoms with E-state index in [0.29, 0.717) is 18.9 Å². The molecule has 116 valence electrons. The van der Waals surface area contributed by atoms with Gasteiger partial charge in [-0.1, -0.05) is 11.6 Å². The van der Waals surface area contributed by atoms with Crippen molar-refractivity contribution in [3.05, 3.63) is 28.5 Å². The van der Waals surface area contributed by atoms with Crippen LogP contribution in [0.1, 0.15) is 23.2 Å². The van der Waals surface area contributed by atoms with E-state index in [9.17, 15) is 22.7 Å². The molecule has 0 aliphatic carbocycles. The first-order chi connectivity index (χ1) is 9.73. The van der Waals surface area contributed by atoms with Gasteiger partial charge in [0.05, 0.1) is 21.6 Å². The third-order valence-electron chi connectivity index (χ3n) is 3.23. The minimum absolute atomic E-state index is 0.102. The number of aromatic carboxylic acids is 1. The van der Waals surface area contributed by atoms with Crippen LogP contribution in [-0.2, 0) is 10.0 Å². The quantitative estimate of drug-likeness (QED) is 0.867. The van der Waals surface area contributed by atoms with Gasteiger partial charge in [0.15, 0.2) is 0 Å². The lowest BCUT2D eigenvalue weighted by Gasteiger charge is -2.29. The Labute approximate surface area is 125 Å². The smallest absolute Gasteiger partial charge is 0.337 e. The molecule has 9 heteroatoms. The van der Waals surface area contributed by atoms with E-state index in [1.54, 1.807) is 0 Å². The zero-order valence-corrected chi connectivity index (χ0v) is 12.4. The average molecular weight is 338 g/mol. The van der Waals surface area contributed by atoms with Crippen LogP contribution in [0.5, 0.6) is 0 Å².